The molecule has 0 radical (unpaired) electrons. The number of carbonyl (C=O) groups is 1. The van der Waals surface area contributed by atoms with E-state index in [2.05, 4.69) is 0 Å². The first kappa shape index (κ1) is 14.3. The predicted octanol–water partition coefficient (Wildman–Crippen LogP) is 1.83. The molecule has 6 heteroatoms. The van der Waals surface area contributed by atoms with Crippen LogP contribution in [0.15, 0.2) is 24.3 Å². The SMILES string of the molecule is CCOCCOCC(=O)c1ccc([N+](=O)[O-])cc1. The number of hydrogen-bond donors (Lipinski definition) is 0. The van der Waals surface area contributed by atoms with Gasteiger partial charge in [-0.3, -0.25) is 14.9 Å². The van der Waals surface area contributed by atoms with Crippen molar-refractivity contribution in [1.82, 2.24) is 0 Å². The summed E-state index contributed by atoms with van der Waals surface area (Å²) in [6.07, 6.45) is 0. The Morgan fingerprint density at radius 3 is 2.39 bits per heavy atom. The lowest BCUT2D eigenvalue weighted by Gasteiger charge is -2.03. The zero-order valence-electron chi connectivity index (χ0n) is 10.1. The molecule has 0 spiro atoms. The molecule has 0 saturated carbocycles. The van der Waals surface area contributed by atoms with Crippen molar-refractivity contribution in [3.63, 3.8) is 0 Å². The van der Waals surface area contributed by atoms with Crippen molar-refractivity contribution in [1.29, 1.82) is 0 Å². The number of nitrogens with zero attached hydrogens (tertiary/aromatic N) is 1. The maximum atomic E-state index is 11.6. The van der Waals surface area contributed by atoms with Crippen LogP contribution in [0.25, 0.3) is 0 Å². The molecule has 1 aromatic carbocycles. The van der Waals surface area contributed by atoms with E-state index in [9.17, 15) is 14.9 Å². The van der Waals surface area contributed by atoms with E-state index in [4.69, 9.17) is 9.47 Å². The highest BCUT2D eigenvalue weighted by Gasteiger charge is 2.09. The standard InChI is InChI=1S/C12H15NO5/c1-2-17-7-8-18-9-12(14)10-3-5-11(6-4-10)13(15)16/h3-6H,2,7-9H2,1H3. The van der Waals surface area contributed by atoms with Gasteiger partial charge in [-0.15, -0.1) is 0 Å². The minimum Gasteiger partial charge on any atom is -0.379 e. The fourth-order valence-corrected chi connectivity index (χ4v) is 1.28. The zero-order chi connectivity index (χ0) is 13.4. The lowest BCUT2D eigenvalue weighted by Crippen LogP contribution is -2.12. The monoisotopic (exact) mass is 253 g/mol. The molecule has 0 aliphatic carbocycles. The molecular weight excluding hydrogens is 238 g/mol. The largest absolute Gasteiger partial charge is 0.379 e. The van der Waals surface area contributed by atoms with Crippen LogP contribution in [0.4, 0.5) is 5.69 Å². The molecule has 1 rings (SSSR count). The minimum atomic E-state index is -0.507. The highest BCUT2D eigenvalue weighted by molar-refractivity contribution is 5.97. The third-order valence-corrected chi connectivity index (χ3v) is 2.21. The molecule has 1 aromatic rings. The van der Waals surface area contributed by atoms with Gasteiger partial charge in [-0.1, -0.05) is 0 Å². The summed E-state index contributed by atoms with van der Waals surface area (Å²) in [6, 6.07) is 5.44. The molecule has 6 nitrogen and oxygen atoms in total. The summed E-state index contributed by atoms with van der Waals surface area (Å²) in [6.45, 7) is 3.24. The van der Waals surface area contributed by atoms with Gasteiger partial charge in [0.1, 0.15) is 6.61 Å². The van der Waals surface area contributed by atoms with Gasteiger partial charge in [-0.2, -0.15) is 0 Å². The first-order chi connectivity index (χ1) is 8.65. The molecule has 0 N–H and O–H groups in total. The van der Waals surface area contributed by atoms with E-state index in [-0.39, 0.29) is 18.1 Å². The molecule has 0 unspecified atom stereocenters. The van der Waals surface area contributed by atoms with Crippen LogP contribution in [0.1, 0.15) is 17.3 Å². The quantitative estimate of drug-likeness (QED) is 0.305. The second kappa shape index (κ2) is 7.52. The van der Waals surface area contributed by atoms with Gasteiger partial charge in [0.05, 0.1) is 18.1 Å². The van der Waals surface area contributed by atoms with Crippen molar-refractivity contribution in [2.24, 2.45) is 0 Å². The zero-order valence-corrected chi connectivity index (χ0v) is 10.1. The maximum absolute atomic E-state index is 11.6. The van der Waals surface area contributed by atoms with Gasteiger partial charge in [-0.05, 0) is 19.1 Å². The summed E-state index contributed by atoms with van der Waals surface area (Å²) in [5, 5.41) is 10.4. The van der Waals surface area contributed by atoms with Crippen molar-refractivity contribution in [3.05, 3.63) is 39.9 Å². The lowest BCUT2D eigenvalue weighted by molar-refractivity contribution is -0.384. The summed E-state index contributed by atoms with van der Waals surface area (Å²) in [4.78, 5) is 21.6. The highest BCUT2D eigenvalue weighted by atomic mass is 16.6. The fraction of sp³-hybridized carbons (Fsp3) is 0.417. The number of hydrogen-bond acceptors (Lipinski definition) is 5. The molecular formula is C12H15NO5. The first-order valence-electron chi connectivity index (χ1n) is 5.58. The van der Waals surface area contributed by atoms with Gasteiger partial charge in [0, 0.05) is 24.3 Å². The average molecular weight is 253 g/mol. The van der Waals surface area contributed by atoms with Crippen LogP contribution < -0.4 is 0 Å². The molecule has 18 heavy (non-hydrogen) atoms. The Hall–Kier alpha value is -1.79. The lowest BCUT2D eigenvalue weighted by atomic mass is 10.1. The topological polar surface area (TPSA) is 78.7 Å². The van der Waals surface area contributed by atoms with Crippen LogP contribution in [-0.2, 0) is 9.47 Å². The van der Waals surface area contributed by atoms with E-state index in [0.29, 0.717) is 25.4 Å². The molecule has 0 aliphatic heterocycles. The van der Waals surface area contributed by atoms with Crippen molar-refractivity contribution in [3.8, 4) is 0 Å². The molecule has 0 aromatic heterocycles. The third-order valence-electron chi connectivity index (χ3n) is 2.21. The Morgan fingerprint density at radius 2 is 1.83 bits per heavy atom. The van der Waals surface area contributed by atoms with Crippen LogP contribution in [0.2, 0.25) is 0 Å². The number of ketones is 1. The highest BCUT2D eigenvalue weighted by Crippen LogP contribution is 2.12. The summed E-state index contributed by atoms with van der Waals surface area (Å²) in [5.74, 6) is -0.207. The molecule has 0 amide bonds. The smallest absolute Gasteiger partial charge is 0.269 e. The van der Waals surface area contributed by atoms with Gasteiger partial charge < -0.3 is 9.47 Å². The number of benzene rings is 1. The molecule has 0 heterocycles. The minimum absolute atomic E-state index is 0.0381. The van der Waals surface area contributed by atoms with Crippen LogP contribution in [0.5, 0.6) is 0 Å². The van der Waals surface area contributed by atoms with Gasteiger partial charge >= 0.3 is 0 Å². The second-order valence-corrected chi connectivity index (χ2v) is 3.48. The molecule has 0 saturated heterocycles. The Balaban J connectivity index is 2.39. The number of nitro benzene ring substituents is 1. The summed E-state index contributed by atoms with van der Waals surface area (Å²) in [5.41, 5.74) is 0.362. The van der Waals surface area contributed by atoms with E-state index < -0.39 is 4.92 Å². The van der Waals surface area contributed by atoms with E-state index >= 15 is 0 Å². The van der Waals surface area contributed by atoms with E-state index in [1.54, 1.807) is 0 Å². The van der Waals surface area contributed by atoms with Crippen LogP contribution >= 0.6 is 0 Å². The second-order valence-electron chi connectivity index (χ2n) is 3.48. The third kappa shape index (κ3) is 4.60. The van der Waals surface area contributed by atoms with Crippen LogP contribution in [0.3, 0.4) is 0 Å². The number of non-ortho nitro benzene ring substituents is 1. The molecule has 98 valence electrons. The van der Waals surface area contributed by atoms with Gasteiger partial charge in [-0.25, -0.2) is 0 Å². The molecule has 0 bridgehead atoms. The number of Topliss-reactive ketones (excluding diaryl/α,β-unsaturated/α-hetero) is 1. The van der Waals surface area contributed by atoms with E-state index in [1.807, 2.05) is 6.92 Å². The normalized spacial score (nSPS) is 10.3. The summed E-state index contributed by atoms with van der Waals surface area (Å²) >= 11 is 0. The number of carbonyl (C=O) groups excluding carboxylic acids is 1. The Morgan fingerprint density at radius 1 is 1.22 bits per heavy atom. The maximum Gasteiger partial charge on any atom is 0.269 e. The van der Waals surface area contributed by atoms with Crippen LogP contribution in [0, 0.1) is 10.1 Å². The van der Waals surface area contributed by atoms with Crippen LogP contribution in [-0.4, -0.2) is 37.1 Å². The average Bonchev–Trinajstić information content (AvgIpc) is 2.38. The predicted molar refractivity (Wildman–Crippen MR) is 64.7 cm³/mol. The van der Waals surface area contributed by atoms with Gasteiger partial charge in [0.15, 0.2) is 5.78 Å². The van der Waals surface area contributed by atoms with E-state index in [0.717, 1.165) is 0 Å². The fourth-order valence-electron chi connectivity index (χ4n) is 1.28. The Labute approximate surface area is 105 Å². The van der Waals surface area contributed by atoms with E-state index in [1.165, 1.54) is 24.3 Å². The first-order valence-corrected chi connectivity index (χ1v) is 5.58. The number of nitro groups is 1. The molecule has 0 aliphatic rings. The van der Waals surface area contributed by atoms with Gasteiger partial charge in [0.2, 0.25) is 0 Å². The Kier molecular flexibility index (Phi) is 5.96. The van der Waals surface area contributed by atoms with Gasteiger partial charge in [0.25, 0.3) is 5.69 Å². The summed E-state index contributed by atoms with van der Waals surface area (Å²) in [7, 11) is 0. The number of ether oxygens (including phenoxy) is 2. The Bertz CT molecular complexity index is 401. The van der Waals surface area contributed by atoms with Crippen molar-refractivity contribution in [2.75, 3.05) is 26.4 Å². The number of rotatable bonds is 8. The van der Waals surface area contributed by atoms with Crippen molar-refractivity contribution in [2.45, 2.75) is 6.92 Å². The molecule has 0 fully saturated rings. The van der Waals surface area contributed by atoms with Crippen molar-refractivity contribution < 1.29 is 19.2 Å². The van der Waals surface area contributed by atoms with Crippen molar-refractivity contribution >= 4 is 11.5 Å². The molecule has 0 atom stereocenters. The summed E-state index contributed by atoms with van der Waals surface area (Å²) < 4.78 is 10.2.